The molecule has 28 heavy (non-hydrogen) atoms. The minimum absolute atomic E-state index is 0.0622. The lowest BCUT2D eigenvalue weighted by atomic mass is 9.95. The summed E-state index contributed by atoms with van der Waals surface area (Å²) in [6.45, 7) is 0. The van der Waals surface area contributed by atoms with E-state index in [-0.39, 0.29) is 23.1 Å². The fourth-order valence-electron chi connectivity index (χ4n) is 4.07. The minimum atomic E-state index is -3.06. The quantitative estimate of drug-likeness (QED) is 0.801. The number of amides is 2. The Balaban J connectivity index is 1.68. The normalized spacial score (nSPS) is 20.5. The van der Waals surface area contributed by atoms with Crippen LogP contribution in [0.15, 0.2) is 24.3 Å². The summed E-state index contributed by atoms with van der Waals surface area (Å²) in [5.41, 5.74) is 8.09. The summed E-state index contributed by atoms with van der Waals surface area (Å²) < 4.78 is 25.6. The van der Waals surface area contributed by atoms with Crippen molar-refractivity contribution in [2.24, 2.45) is 5.73 Å². The van der Waals surface area contributed by atoms with Gasteiger partial charge in [-0.05, 0) is 44.2 Å². The number of benzene rings is 1. The van der Waals surface area contributed by atoms with Gasteiger partial charge in [-0.25, -0.2) is 8.42 Å². The molecule has 2 aliphatic rings. The summed E-state index contributed by atoms with van der Waals surface area (Å²) in [5, 5.41) is 7.28. The van der Waals surface area contributed by atoms with Crippen LogP contribution in [0.1, 0.15) is 57.4 Å². The number of sulfone groups is 1. The number of anilines is 1. The molecule has 0 spiro atoms. The Morgan fingerprint density at radius 3 is 2.64 bits per heavy atom. The first-order valence-corrected chi connectivity index (χ1v) is 11.2. The topological polar surface area (TPSA) is 124 Å². The fraction of sp³-hybridized carbons (Fsp3) is 0.421. The van der Waals surface area contributed by atoms with Crippen molar-refractivity contribution in [1.82, 2.24) is 9.78 Å². The maximum Gasteiger partial charge on any atom is 0.276 e. The van der Waals surface area contributed by atoms with E-state index >= 15 is 0 Å². The van der Waals surface area contributed by atoms with Crippen molar-refractivity contribution < 1.29 is 18.0 Å². The number of carbonyl (C=O) groups is 2. The Bertz CT molecular complexity index is 1060. The first-order valence-electron chi connectivity index (χ1n) is 9.36. The number of carbonyl (C=O) groups excluding carboxylic acids is 2. The number of aromatic nitrogens is 2. The zero-order valence-electron chi connectivity index (χ0n) is 15.3. The van der Waals surface area contributed by atoms with Gasteiger partial charge < -0.3 is 11.1 Å². The SMILES string of the molecule is NC(=O)c1ccccc1NC(=O)c1nn(C2CCS(=O)(=O)C2)c2c1CCCC2. The van der Waals surface area contributed by atoms with Crippen LogP contribution in [0.3, 0.4) is 0 Å². The van der Waals surface area contributed by atoms with Gasteiger partial charge >= 0.3 is 0 Å². The Hall–Kier alpha value is -2.68. The van der Waals surface area contributed by atoms with Gasteiger partial charge in [-0.3, -0.25) is 14.3 Å². The lowest BCUT2D eigenvalue weighted by molar-refractivity contribution is 0.100. The van der Waals surface area contributed by atoms with Gasteiger partial charge in [0, 0.05) is 11.3 Å². The van der Waals surface area contributed by atoms with E-state index in [0.29, 0.717) is 17.8 Å². The number of primary amides is 1. The van der Waals surface area contributed by atoms with Crippen LogP contribution in [0, 0.1) is 0 Å². The van der Waals surface area contributed by atoms with Gasteiger partial charge in [0.1, 0.15) is 0 Å². The van der Waals surface area contributed by atoms with Crippen molar-refractivity contribution in [3.05, 3.63) is 46.8 Å². The predicted octanol–water partition coefficient (Wildman–Crippen LogP) is 1.47. The van der Waals surface area contributed by atoms with E-state index in [1.807, 2.05) is 0 Å². The zero-order chi connectivity index (χ0) is 19.9. The van der Waals surface area contributed by atoms with Crippen molar-refractivity contribution >= 4 is 27.3 Å². The van der Waals surface area contributed by atoms with E-state index in [4.69, 9.17) is 5.73 Å². The van der Waals surface area contributed by atoms with Gasteiger partial charge in [-0.15, -0.1) is 0 Å². The standard InChI is InChI=1S/C19H22N4O4S/c20-18(24)13-5-1-3-7-15(13)21-19(25)17-14-6-2-4-8-16(14)23(22-17)12-9-10-28(26,27)11-12/h1,3,5,7,12H,2,4,6,8-11H2,(H2,20,24)(H,21,25). The monoisotopic (exact) mass is 402 g/mol. The highest BCUT2D eigenvalue weighted by Crippen LogP contribution is 2.31. The molecule has 9 heteroatoms. The van der Waals surface area contributed by atoms with Gasteiger partial charge in [0.25, 0.3) is 11.8 Å². The van der Waals surface area contributed by atoms with Gasteiger partial charge in [0.15, 0.2) is 15.5 Å². The molecule has 0 bridgehead atoms. The molecule has 1 atom stereocenters. The molecule has 3 N–H and O–H groups in total. The molecular weight excluding hydrogens is 380 g/mol. The van der Waals surface area contributed by atoms with Gasteiger partial charge in [-0.1, -0.05) is 12.1 Å². The highest BCUT2D eigenvalue weighted by atomic mass is 32.2. The number of para-hydroxylation sites is 1. The number of hydrogen-bond acceptors (Lipinski definition) is 5. The number of fused-ring (bicyclic) bond motifs is 1. The lowest BCUT2D eigenvalue weighted by Crippen LogP contribution is -2.20. The molecular formula is C19H22N4O4S. The van der Waals surface area contributed by atoms with Crippen molar-refractivity contribution in [3.63, 3.8) is 0 Å². The highest BCUT2D eigenvalue weighted by molar-refractivity contribution is 7.91. The Morgan fingerprint density at radius 2 is 1.93 bits per heavy atom. The molecule has 8 nitrogen and oxygen atoms in total. The second-order valence-corrected chi connectivity index (χ2v) is 9.58. The Morgan fingerprint density at radius 1 is 1.18 bits per heavy atom. The van der Waals surface area contributed by atoms with E-state index in [0.717, 1.165) is 36.9 Å². The lowest BCUT2D eigenvalue weighted by Gasteiger charge is -2.17. The molecule has 1 aromatic heterocycles. The van der Waals surface area contributed by atoms with Crippen molar-refractivity contribution in [3.8, 4) is 0 Å². The molecule has 1 aromatic carbocycles. The van der Waals surface area contributed by atoms with Crippen molar-refractivity contribution in [2.75, 3.05) is 16.8 Å². The van der Waals surface area contributed by atoms with E-state index in [1.54, 1.807) is 28.9 Å². The molecule has 1 saturated heterocycles. The van der Waals surface area contributed by atoms with Gasteiger partial charge in [0.05, 0.1) is 28.8 Å². The molecule has 4 rings (SSSR count). The third-order valence-electron chi connectivity index (χ3n) is 5.42. The average Bonchev–Trinajstić information content (AvgIpc) is 3.22. The Kier molecular flexibility index (Phi) is 4.70. The number of rotatable bonds is 4. The number of nitrogens with zero attached hydrogens (tertiary/aromatic N) is 2. The average molecular weight is 402 g/mol. The summed E-state index contributed by atoms with van der Waals surface area (Å²) in [6.07, 6.45) is 3.98. The molecule has 2 heterocycles. The fourth-order valence-corrected chi connectivity index (χ4v) is 5.76. The molecule has 2 amide bonds. The second-order valence-electron chi connectivity index (χ2n) is 7.35. The molecule has 148 valence electrons. The molecule has 0 saturated carbocycles. The molecule has 2 aromatic rings. The molecule has 1 aliphatic heterocycles. The first kappa shape index (κ1) is 18.7. The Labute approximate surface area is 163 Å². The summed E-state index contributed by atoms with van der Waals surface area (Å²) in [6, 6.07) is 6.32. The second kappa shape index (κ2) is 7.05. The zero-order valence-corrected chi connectivity index (χ0v) is 16.2. The predicted molar refractivity (Wildman–Crippen MR) is 104 cm³/mol. The van der Waals surface area contributed by atoms with Gasteiger partial charge in [0.2, 0.25) is 0 Å². The van der Waals surface area contributed by atoms with Gasteiger partial charge in [-0.2, -0.15) is 5.10 Å². The van der Waals surface area contributed by atoms with Crippen LogP contribution in [0.5, 0.6) is 0 Å². The summed E-state index contributed by atoms with van der Waals surface area (Å²) in [4.78, 5) is 24.6. The maximum atomic E-state index is 13.0. The van der Waals surface area contributed by atoms with Crippen LogP contribution >= 0.6 is 0 Å². The van der Waals surface area contributed by atoms with E-state index in [9.17, 15) is 18.0 Å². The van der Waals surface area contributed by atoms with E-state index in [2.05, 4.69) is 10.4 Å². The maximum absolute atomic E-state index is 13.0. The number of nitrogens with one attached hydrogen (secondary N) is 1. The highest BCUT2D eigenvalue weighted by Gasteiger charge is 2.34. The largest absolute Gasteiger partial charge is 0.366 e. The van der Waals surface area contributed by atoms with Crippen LogP contribution in [0.4, 0.5) is 5.69 Å². The minimum Gasteiger partial charge on any atom is -0.366 e. The molecule has 0 radical (unpaired) electrons. The smallest absolute Gasteiger partial charge is 0.276 e. The number of nitrogens with two attached hydrogens (primary N) is 1. The van der Waals surface area contributed by atoms with Crippen LogP contribution in [0.2, 0.25) is 0 Å². The number of hydrogen-bond donors (Lipinski definition) is 2. The van der Waals surface area contributed by atoms with E-state index in [1.165, 1.54) is 0 Å². The third-order valence-corrected chi connectivity index (χ3v) is 7.17. The van der Waals surface area contributed by atoms with Crippen LogP contribution < -0.4 is 11.1 Å². The van der Waals surface area contributed by atoms with Crippen LogP contribution in [-0.4, -0.2) is 41.5 Å². The van der Waals surface area contributed by atoms with Crippen molar-refractivity contribution in [2.45, 2.75) is 38.1 Å². The first-order chi connectivity index (χ1) is 13.4. The van der Waals surface area contributed by atoms with Crippen molar-refractivity contribution in [1.29, 1.82) is 0 Å². The summed E-state index contributed by atoms with van der Waals surface area (Å²) in [5.74, 6) is -0.821. The molecule has 1 unspecified atom stereocenters. The molecule has 1 aliphatic carbocycles. The summed E-state index contributed by atoms with van der Waals surface area (Å²) >= 11 is 0. The summed E-state index contributed by atoms with van der Waals surface area (Å²) in [7, 11) is -3.06. The van der Waals surface area contributed by atoms with Crippen LogP contribution in [0.25, 0.3) is 0 Å². The molecule has 1 fully saturated rings. The van der Waals surface area contributed by atoms with E-state index < -0.39 is 21.7 Å². The third kappa shape index (κ3) is 3.42. The van der Waals surface area contributed by atoms with Crippen LogP contribution in [-0.2, 0) is 22.7 Å².